The zero-order valence-electron chi connectivity index (χ0n) is 13.9. The maximum Gasteiger partial charge on any atom is 0.191 e. The molecular formula is C17H29N3O. The third-order valence-electron chi connectivity index (χ3n) is 3.31. The van der Waals surface area contributed by atoms with Gasteiger partial charge in [-0.1, -0.05) is 36.8 Å². The van der Waals surface area contributed by atoms with Crippen LogP contribution in [0, 0.1) is 6.92 Å². The lowest BCUT2D eigenvalue weighted by atomic mass is 10.0. The summed E-state index contributed by atoms with van der Waals surface area (Å²) in [4.78, 5) is 4.67. The van der Waals surface area contributed by atoms with Crippen LogP contribution >= 0.6 is 0 Å². The van der Waals surface area contributed by atoms with Crippen LogP contribution in [0.5, 0.6) is 0 Å². The minimum absolute atomic E-state index is 0.238. The minimum atomic E-state index is 0.238. The van der Waals surface area contributed by atoms with E-state index in [9.17, 15) is 0 Å². The second-order valence-electron chi connectivity index (χ2n) is 5.53. The molecule has 4 heteroatoms. The highest BCUT2D eigenvalue weighted by Crippen LogP contribution is 2.15. The van der Waals surface area contributed by atoms with E-state index < -0.39 is 0 Å². The second kappa shape index (κ2) is 9.40. The summed E-state index contributed by atoms with van der Waals surface area (Å²) in [5.41, 5.74) is 2.61. The molecule has 1 aromatic carbocycles. The van der Waals surface area contributed by atoms with Gasteiger partial charge in [-0.05, 0) is 26.3 Å². The number of ether oxygens (including phenoxy) is 1. The van der Waals surface area contributed by atoms with E-state index in [0.29, 0.717) is 12.5 Å². The smallest absolute Gasteiger partial charge is 0.191 e. The number of benzene rings is 1. The molecule has 0 aliphatic rings. The lowest BCUT2D eigenvalue weighted by Crippen LogP contribution is -2.44. The average Bonchev–Trinajstić information content (AvgIpc) is 2.45. The van der Waals surface area contributed by atoms with Crippen LogP contribution in [-0.4, -0.2) is 38.8 Å². The largest absolute Gasteiger partial charge is 0.383 e. The summed E-state index contributed by atoms with van der Waals surface area (Å²) in [5.74, 6) is 1.25. The first-order valence-corrected chi connectivity index (χ1v) is 7.67. The molecule has 2 atom stereocenters. The van der Waals surface area contributed by atoms with Gasteiger partial charge in [0.05, 0.1) is 6.61 Å². The van der Waals surface area contributed by atoms with E-state index in [2.05, 4.69) is 67.6 Å². The van der Waals surface area contributed by atoms with E-state index in [-0.39, 0.29) is 6.04 Å². The molecular weight excluding hydrogens is 262 g/mol. The van der Waals surface area contributed by atoms with E-state index >= 15 is 0 Å². The van der Waals surface area contributed by atoms with E-state index in [1.807, 2.05) is 0 Å². The number of aryl methyl sites for hydroxylation is 1. The van der Waals surface area contributed by atoms with Crippen molar-refractivity contribution in [3.8, 4) is 0 Å². The summed E-state index contributed by atoms with van der Waals surface area (Å²) in [6, 6.07) is 8.91. The quantitative estimate of drug-likeness (QED) is 0.600. The number of nitrogens with one attached hydrogen (secondary N) is 2. The Hall–Kier alpha value is -1.55. The molecule has 0 amide bonds. The summed E-state index contributed by atoms with van der Waals surface area (Å²) < 4.78 is 5.14. The van der Waals surface area contributed by atoms with Gasteiger partial charge in [0.25, 0.3) is 0 Å². The summed E-state index contributed by atoms with van der Waals surface area (Å²) in [6.45, 7) is 10.7. The van der Waals surface area contributed by atoms with E-state index in [4.69, 9.17) is 4.74 Å². The predicted molar refractivity (Wildman–Crippen MR) is 90.0 cm³/mol. The van der Waals surface area contributed by atoms with Gasteiger partial charge in [-0.25, -0.2) is 0 Å². The molecule has 0 bridgehead atoms. The Bertz CT molecular complexity index is 428. The maximum absolute atomic E-state index is 5.14. The van der Waals surface area contributed by atoms with Gasteiger partial charge in [-0.3, -0.25) is 4.99 Å². The standard InChI is InChI=1S/C17H29N3O/c1-6-18-17(20-15(4)12-21-5)19-11-14(3)16-9-7-13(2)8-10-16/h7-10,14-15H,6,11-12H2,1-5H3,(H2,18,19,20). The fraction of sp³-hybridized carbons (Fsp3) is 0.588. The number of aliphatic imine (C=N–C) groups is 1. The van der Waals surface area contributed by atoms with Crippen LogP contribution in [0.3, 0.4) is 0 Å². The zero-order valence-corrected chi connectivity index (χ0v) is 13.9. The normalized spacial score (nSPS) is 14.6. The van der Waals surface area contributed by atoms with Crippen LogP contribution < -0.4 is 10.6 Å². The lowest BCUT2D eigenvalue weighted by Gasteiger charge is -2.18. The third-order valence-corrected chi connectivity index (χ3v) is 3.31. The molecule has 0 aliphatic heterocycles. The molecule has 0 saturated heterocycles. The van der Waals surface area contributed by atoms with Crippen molar-refractivity contribution in [2.75, 3.05) is 26.8 Å². The SMILES string of the molecule is CCNC(=NCC(C)c1ccc(C)cc1)NC(C)COC. The Balaban J connectivity index is 2.61. The van der Waals surface area contributed by atoms with Gasteiger partial charge in [0, 0.05) is 32.2 Å². The number of nitrogens with zero attached hydrogens (tertiary/aromatic N) is 1. The molecule has 0 fully saturated rings. The first kappa shape index (κ1) is 17.5. The summed E-state index contributed by atoms with van der Waals surface area (Å²) in [6.07, 6.45) is 0. The monoisotopic (exact) mass is 291 g/mol. The maximum atomic E-state index is 5.14. The molecule has 0 aromatic heterocycles. The molecule has 4 nitrogen and oxygen atoms in total. The first-order valence-electron chi connectivity index (χ1n) is 7.67. The highest BCUT2D eigenvalue weighted by atomic mass is 16.5. The number of guanidine groups is 1. The Morgan fingerprint density at radius 1 is 1.24 bits per heavy atom. The second-order valence-corrected chi connectivity index (χ2v) is 5.53. The van der Waals surface area contributed by atoms with Crippen molar-refractivity contribution in [2.24, 2.45) is 4.99 Å². The van der Waals surface area contributed by atoms with Crippen molar-refractivity contribution < 1.29 is 4.74 Å². The van der Waals surface area contributed by atoms with E-state index in [1.165, 1.54) is 11.1 Å². The highest BCUT2D eigenvalue weighted by Gasteiger charge is 2.07. The summed E-state index contributed by atoms with van der Waals surface area (Å²) in [7, 11) is 1.71. The number of methoxy groups -OCH3 is 1. The summed E-state index contributed by atoms with van der Waals surface area (Å²) in [5, 5.41) is 6.62. The van der Waals surface area contributed by atoms with Gasteiger partial charge in [0.1, 0.15) is 0 Å². The fourth-order valence-electron chi connectivity index (χ4n) is 2.07. The molecule has 2 unspecified atom stereocenters. The van der Waals surface area contributed by atoms with Gasteiger partial charge >= 0.3 is 0 Å². The van der Waals surface area contributed by atoms with Crippen molar-refractivity contribution >= 4 is 5.96 Å². The Morgan fingerprint density at radius 3 is 2.48 bits per heavy atom. The van der Waals surface area contributed by atoms with Gasteiger partial charge in [0.15, 0.2) is 5.96 Å². The van der Waals surface area contributed by atoms with Gasteiger partial charge in [-0.2, -0.15) is 0 Å². The zero-order chi connectivity index (χ0) is 15.7. The van der Waals surface area contributed by atoms with Crippen LogP contribution in [-0.2, 0) is 4.74 Å². The number of hydrogen-bond acceptors (Lipinski definition) is 2. The third kappa shape index (κ3) is 6.63. The fourth-order valence-corrected chi connectivity index (χ4v) is 2.07. The van der Waals surface area contributed by atoms with Crippen LogP contribution in [0.4, 0.5) is 0 Å². The molecule has 0 saturated carbocycles. The van der Waals surface area contributed by atoms with Crippen molar-refractivity contribution in [1.29, 1.82) is 0 Å². The molecule has 118 valence electrons. The highest BCUT2D eigenvalue weighted by molar-refractivity contribution is 5.80. The molecule has 21 heavy (non-hydrogen) atoms. The molecule has 0 spiro atoms. The van der Waals surface area contributed by atoms with Gasteiger partial charge in [0.2, 0.25) is 0 Å². The molecule has 0 aliphatic carbocycles. The molecule has 2 N–H and O–H groups in total. The molecule has 1 rings (SSSR count). The van der Waals surface area contributed by atoms with Crippen molar-refractivity contribution in [3.05, 3.63) is 35.4 Å². The van der Waals surface area contributed by atoms with Crippen molar-refractivity contribution in [3.63, 3.8) is 0 Å². The molecule has 1 aromatic rings. The first-order chi connectivity index (χ1) is 10.1. The number of rotatable bonds is 7. The van der Waals surface area contributed by atoms with Crippen LogP contribution in [0.15, 0.2) is 29.3 Å². The van der Waals surface area contributed by atoms with Crippen LogP contribution in [0.25, 0.3) is 0 Å². The Labute approximate surface area is 129 Å². The van der Waals surface area contributed by atoms with Crippen molar-refractivity contribution in [2.45, 2.75) is 39.7 Å². The van der Waals surface area contributed by atoms with E-state index in [0.717, 1.165) is 19.0 Å². The van der Waals surface area contributed by atoms with Gasteiger partial charge in [-0.15, -0.1) is 0 Å². The van der Waals surface area contributed by atoms with Crippen LogP contribution in [0.1, 0.15) is 37.8 Å². The number of hydrogen-bond donors (Lipinski definition) is 2. The summed E-state index contributed by atoms with van der Waals surface area (Å²) >= 11 is 0. The Kier molecular flexibility index (Phi) is 7.83. The van der Waals surface area contributed by atoms with Gasteiger partial charge < -0.3 is 15.4 Å². The van der Waals surface area contributed by atoms with E-state index in [1.54, 1.807) is 7.11 Å². The Morgan fingerprint density at radius 2 is 1.90 bits per heavy atom. The average molecular weight is 291 g/mol. The van der Waals surface area contributed by atoms with Crippen LogP contribution in [0.2, 0.25) is 0 Å². The molecule has 0 radical (unpaired) electrons. The lowest BCUT2D eigenvalue weighted by molar-refractivity contribution is 0.179. The predicted octanol–water partition coefficient (Wildman–Crippen LogP) is 2.69. The molecule has 0 heterocycles. The topological polar surface area (TPSA) is 45.7 Å². The minimum Gasteiger partial charge on any atom is -0.383 e. The van der Waals surface area contributed by atoms with Crippen molar-refractivity contribution in [1.82, 2.24) is 10.6 Å².